The van der Waals surface area contributed by atoms with Crippen molar-refractivity contribution >= 4 is 47.9 Å². The third-order valence-corrected chi connectivity index (χ3v) is 6.03. The molecule has 3 fully saturated rings. The van der Waals surface area contributed by atoms with Crippen LogP contribution in [0.1, 0.15) is 13.3 Å². The highest BCUT2D eigenvalue weighted by Gasteiger charge is 2.61. The van der Waals surface area contributed by atoms with Crippen molar-refractivity contribution in [3.05, 3.63) is 0 Å². The van der Waals surface area contributed by atoms with Crippen LogP contribution in [-0.2, 0) is 19.1 Å². The number of fused-ring (bicyclic) bond motifs is 1. The number of ether oxygens (including phenoxy) is 2. The maximum Gasteiger partial charge on any atom is 0.361 e. The van der Waals surface area contributed by atoms with Gasteiger partial charge in [0.1, 0.15) is 6.42 Å². The lowest BCUT2D eigenvalue weighted by atomic mass is 10.2. The Morgan fingerprint density at radius 2 is 1.94 bits per heavy atom. The van der Waals surface area contributed by atoms with E-state index in [0.29, 0.717) is 0 Å². The zero-order valence-electron chi connectivity index (χ0n) is 9.56. The minimum absolute atomic E-state index is 0. The molecule has 3 aliphatic rings. The second-order valence-corrected chi connectivity index (χ2v) is 7.31. The summed E-state index contributed by atoms with van der Waals surface area (Å²) < 4.78 is 9.23. The summed E-state index contributed by atoms with van der Waals surface area (Å²) >= 11 is 2.66. The van der Waals surface area contributed by atoms with E-state index in [1.807, 2.05) is 6.92 Å². The number of carbonyl (C=O) groups is 2. The molecule has 2 unspecified atom stereocenters. The molecule has 0 radical (unpaired) electrons. The zero-order valence-corrected chi connectivity index (χ0v) is 12.0. The van der Waals surface area contributed by atoms with Crippen LogP contribution in [-0.4, -0.2) is 39.7 Å². The smallest absolute Gasteiger partial charge is 0.361 e. The fourth-order valence-electron chi connectivity index (χ4n) is 2.05. The van der Waals surface area contributed by atoms with Crippen LogP contribution >= 0.6 is 35.9 Å². The number of rotatable bonds is 0. The number of hydrogen-bond acceptors (Lipinski definition) is 8. The maximum absolute atomic E-state index is 11.4. The minimum Gasteiger partial charge on any atom is -0.403 e. The quantitative estimate of drug-likeness (QED) is 0.486. The van der Waals surface area contributed by atoms with Crippen LogP contribution in [0.4, 0.5) is 0 Å². The first-order valence-electron chi connectivity index (χ1n) is 5.31. The van der Waals surface area contributed by atoms with Crippen molar-refractivity contribution in [2.24, 2.45) is 0 Å². The molecule has 102 valence electrons. The van der Waals surface area contributed by atoms with E-state index in [-0.39, 0.29) is 29.1 Å². The molecular formula is C9H13ClN2O4S2. The summed E-state index contributed by atoms with van der Waals surface area (Å²) in [5.74, 6) is -1.05. The Kier molecular flexibility index (Phi) is 3.76. The first-order chi connectivity index (χ1) is 8.01. The number of esters is 2. The molecule has 2 atom stereocenters. The predicted molar refractivity (Wildman–Crippen MR) is 70.2 cm³/mol. The normalized spacial score (nSPS) is 37.5. The molecular weight excluding hydrogens is 300 g/mol. The molecule has 0 aromatic heterocycles. The summed E-state index contributed by atoms with van der Waals surface area (Å²) in [7, 11) is 0. The summed E-state index contributed by atoms with van der Waals surface area (Å²) in [6, 6.07) is 0. The monoisotopic (exact) mass is 312 g/mol. The molecule has 3 aliphatic heterocycles. The fraction of sp³-hybridized carbons (Fsp3) is 0.778. The third kappa shape index (κ3) is 2.32. The van der Waals surface area contributed by atoms with Gasteiger partial charge >= 0.3 is 16.4 Å². The van der Waals surface area contributed by atoms with Gasteiger partial charge in [-0.3, -0.25) is 14.9 Å². The lowest BCUT2D eigenvalue weighted by molar-refractivity contribution is -0.193. The first kappa shape index (κ1) is 14.3. The number of nitrogens with one attached hydrogen (secondary N) is 2. The van der Waals surface area contributed by atoms with Crippen LogP contribution in [0.25, 0.3) is 0 Å². The molecule has 0 aromatic carbocycles. The van der Waals surface area contributed by atoms with Gasteiger partial charge < -0.3 is 14.8 Å². The van der Waals surface area contributed by atoms with E-state index in [1.165, 1.54) is 23.5 Å². The Hall–Kier alpha value is -0.150. The van der Waals surface area contributed by atoms with Crippen molar-refractivity contribution in [2.75, 3.05) is 13.1 Å². The SMILES string of the molecule is CC12NCCNC1SC1(OC(=O)CC(=O)O1)S2.Cl. The molecule has 9 heteroatoms. The fourth-order valence-corrected chi connectivity index (χ4v) is 5.58. The Balaban J connectivity index is 0.00000120. The number of thioether (sulfide) groups is 2. The van der Waals surface area contributed by atoms with E-state index in [1.54, 1.807) is 0 Å². The zero-order chi connectivity index (χ0) is 12.1. The number of carbonyl (C=O) groups excluding carboxylic acids is 2. The van der Waals surface area contributed by atoms with Crippen molar-refractivity contribution in [3.8, 4) is 0 Å². The van der Waals surface area contributed by atoms with Gasteiger partial charge in [-0.25, -0.2) is 0 Å². The molecule has 2 N–H and O–H groups in total. The van der Waals surface area contributed by atoms with Gasteiger partial charge in [0.2, 0.25) is 0 Å². The molecule has 1 spiro atoms. The van der Waals surface area contributed by atoms with Crippen molar-refractivity contribution < 1.29 is 19.1 Å². The Labute approximate surface area is 119 Å². The van der Waals surface area contributed by atoms with Crippen LogP contribution in [0, 0.1) is 0 Å². The summed E-state index contributed by atoms with van der Waals surface area (Å²) in [6.07, 6.45) is -0.300. The molecule has 0 bridgehead atoms. The lowest BCUT2D eigenvalue weighted by Crippen LogP contribution is -2.58. The van der Waals surface area contributed by atoms with E-state index >= 15 is 0 Å². The predicted octanol–water partition coefficient (Wildman–Crippen LogP) is 0.225. The van der Waals surface area contributed by atoms with Gasteiger partial charge in [0.05, 0.1) is 10.2 Å². The van der Waals surface area contributed by atoms with Crippen LogP contribution in [0.3, 0.4) is 0 Å². The van der Waals surface area contributed by atoms with Crippen molar-refractivity contribution in [1.82, 2.24) is 10.6 Å². The summed E-state index contributed by atoms with van der Waals surface area (Å²) in [5.41, 5.74) is 0. The summed E-state index contributed by atoms with van der Waals surface area (Å²) in [4.78, 5) is 22.4. The molecule has 3 heterocycles. The van der Waals surface area contributed by atoms with Gasteiger partial charge in [0, 0.05) is 13.1 Å². The van der Waals surface area contributed by atoms with E-state index in [2.05, 4.69) is 10.6 Å². The number of hydrogen-bond donors (Lipinski definition) is 2. The standard InChI is InChI=1S/C9H12N2O4S2.ClH/c1-8-7(10-2-3-11-8)16-9(17-8)14-5(12)4-6(13)15-9;/h7,10-11H,2-4H2,1H3;1H. The van der Waals surface area contributed by atoms with Gasteiger partial charge in [-0.05, 0) is 30.4 Å². The van der Waals surface area contributed by atoms with E-state index in [9.17, 15) is 9.59 Å². The average Bonchev–Trinajstić information content (AvgIpc) is 2.46. The first-order valence-corrected chi connectivity index (χ1v) is 7.01. The van der Waals surface area contributed by atoms with Crippen molar-refractivity contribution in [3.63, 3.8) is 0 Å². The van der Waals surface area contributed by atoms with E-state index < -0.39 is 16.4 Å². The Morgan fingerprint density at radius 3 is 2.56 bits per heavy atom. The molecule has 6 nitrogen and oxygen atoms in total. The minimum atomic E-state index is -1.23. The average molecular weight is 313 g/mol. The number of piperazine rings is 1. The highest BCUT2D eigenvalue weighted by atomic mass is 35.5. The van der Waals surface area contributed by atoms with Crippen molar-refractivity contribution in [2.45, 2.75) is 28.0 Å². The molecule has 18 heavy (non-hydrogen) atoms. The van der Waals surface area contributed by atoms with Crippen LogP contribution in [0.15, 0.2) is 0 Å². The van der Waals surface area contributed by atoms with Gasteiger partial charge in [0.15, 0.2) is 0 Å². The Bertz CT molecular complexity index is 381. The van der Waals surface area contributed by atoms with Gasteiger partial charge in [0.25, 0.3) is 0 Å². The van der Waals surface area contributed by atoms with E-state index in [0.717, 1.165) is 13.1 Å². The second-order valence-electron chi connectivity index (χ2n) is 4.21. The van der Waals surface area contributed by atoms with Gasteiger partial charge in [-0.15, -0.1) is 12.4 Å². The highest BCUT2D eigenvalue weighted by molar-refractivity contribution is 8.22. The second kappa shape index (κ2) is 4.75. The van der Waals surface area contributed by atoms with E-state index in [4.69, 9.17) is 9.47 Å². The molecule has 3 saturated heterocycles. The Morgan fingerprint density at radius 1 is 1.28 bits per heavy atom. The summed E-state index contributed by atoms with van der Waals surface area (Å²) in [6.45, 7) is 3.68. The van der Waals surface area contributed by atoms with Crippen LogP contribution < -0.4 is 10.6 Å². The lowest BCUT2D eigenvalue weighted by Gasteiger charge is -2.35. The van der Waals surface area contributed by atoms with Gasteiger partial charge in [-0.1, -0.05) is 0 Å². The highest BCUT2D eigenvalue weighted by Crippen LogP contribution is 2.59. The van der Waals surface area contributed by atoms with Gasteiger partial charge in [-0.2, -0.15) is 0 Å². The van der Waals surface area contributed by atoms with Crippen LogP contribution in [0.2, 0.25) is 0 Å². The maximum atomic E-state index is 11.4. The molecule has 3 rings (SSSR count). The molecule has 0 aliphatic carbocycles. The number of halogens is 1. The topological polar surface area (TPSA) is 76.7 Å². The largest absolute Gasteiger partial charge is 0.403 e. The van der Waals surface area contributed by atoms with Crippen LogP contribution in [0.5, 0.6) is 0 Å². The molecule has 0 amide bonds. The third-order valence-electron chi connectivity index (χ3n) is 2.80. The molecule has 0 saturated carbocycles. The summed E-state index contributed by atoms with van der Waals surface area (Å²) in [5, 5.41) is 6.72. The molecule has 0 aromatic rings. The van der Waals surface area contributed by atoms with Crippen molar-refractivity contribution in [1.29, 1.82) is 0 Å².